The summed E-state index contributed by atoms with van der Waals surface area (Å²) in [6.45, 7) is 5.29. The van der Waals surface area contributed by atoms with E-state index in [1.54, 1.807) is 8.61 Å². The number of nitrogens with one attached hydrogen (secondary N) is 1. The van der Waals surface area contributed by atoms with Gasteiger partial charge in [-0.25, -0.2) is 0 Å². The lowest BCUT2D eigenvalue weighted by molar-refractivity contribution is 0.0704. The molecular formula is C10H19N3O3S. The zero-order valence-corrected chi connectivity index (χ0v) is 10.7. The molecule has 1 N–H and O–H groups in total. The minimum Gasteiger partial charge on any atom is -0.379 e. The van der Waals surface area contributed by atoms with Crippen LogP contribution in [-0.2, 0) is 14.9 Å². The third kappa shape index (κ3) is 2.10. The molecule has 0 radical (unpaired) electrons. The number of morpholine rings is 1. The molecule has 0 bridgehead atoms. The van der Waals surface area contributed by atoms with E-state index in [0.717, 1.165) is 13.1 Å². The highest BCUT2D eigenvalue weighted by atomic mass is 32.2. The highest BCUT2D eigenvalue weighted by molar-refractivity contribution is 7.86. The standard InChI is InChI=1S/C10H19N3O3S/c14-17(15,12-1-3-16-4-2-12)13-7-9-5-11-6-10(9)8-13/h9-11H,1-8H2. The monoisotopic (exact) mass is 261 g/mol. The molecule has 0 saturated carbocycles. The van der Waals surface area contributed by atoms with Gasteiger partial charge in [0.1, 0.15) is 0 Å². The van der Waals surface area contributed by atoms with E-state index in [1.807, 2.05) is 0 Å². The van der Waals surface area contributed by atoms with E-state index in [-0.39, 0.29) is 0 Å². The Hall–Kier alpha value is -0.210. The maximum Gasteiger partial charge on any atom is 0.282 e. The van der Waals surface area contributed by atoms with Gasteiger partial charge in [-0.15, -0.1) is 0 Å². The van der Waals surface area contributed by atoms with Gasteiger partial charge in [-0.05, 0) is 24.9 Å². The van der Waals surface area contributed by atoms with E-state index in [0.29, 0.717) is 51.2 Å². The molecule has 0 spiro atoms. The molecule has 0 aromatic heterocycles. The van der Waals surface area contributed by atoms with Gasteiger partial charge in [0.25, 0.3) is 10.2 Å². The van der Waals surface area contributed by atoms with Crippen molar-refractivity contribution in [3.63, 3.8) is 0 Å². The van der Waals surface area contributed by atoms with Crippen LogP contribution in [-0.4, -0.2) is 69.5 Å². The van der Waals surface area contributed by atoms with Crippen LogP contribution in [0.1, 0.15) is 0 Å². The first kappa shape index (κ1) is 11.9. The topological polar surface area (TPSA) is 61.9 Å². The molecule has 2 atom stereocenters. The summed E-state index contributed by atoms with van der Waals surface area (Å²) >= 11 is 0. The van der Waals surface area contributed by atoms with Crippen molar-refractivity contribution in [2.45, 2.75) is 0 Å². The lowest BCUT2D eigenvalue weighted by atomic mass is 10.0. The van der Waals surface area contributed by atoms with Crippen molar-refractivity contribution >= 4 is 10.2 Å². The quantitative estimate of drug-likeness (QED) is 0.672. The van der Waals surface area contributed by atoms with Gasteiger partial charge in [0.2, 0.25) is 0 Å². The summed E-state index contributed by atoms with van der Waals surface area (Å²) in [4.78, 5) is 0. The highest BCUT2D eigenvalue weighted by Crippen LogP contribution is 2.29. The van der Waals surface area contributed by atoms with Crippen molar-refractivity contribution in [1.29, 1.82) is 0 Å². The fourth-order valence-electron chi connectivity index (χ4n) is 2.94. The average molecular weight is 261 g/mol. The summed E-state index contributed by atoms with van der Waals surface area (Å²) in [6, 6.07) is 0. The van der Waals surface area contributed by atoms with Crippen LogP contribution in [0.15, 0.2) is 0 Å². The van der Waals surface area contributed by atoms with Crippen LogP contribution in [0.3, 0.4) is 0 Å². The van der Waals surface area contributed by atoms with Gasteiger partial charge in [-0.2, -0.15) is 17.0 Å². The van der Waals surface area contributed by atoms with Gasteiger partial charge in [0, 0.05) is 26.2 Å². The average Bonchev–Trinajstić information content (AvgIpc) is 2.90. The number of fused-ring (bicyclic) bond motifs is 1. The van der Waals surface area contributed by atoms with Crippen molar-refractivity contribution in [2.75, 3.05) is 52.5 Å². The summed E-state index contributed by atoms with van der Waals surface area (Å²) in [7, 11) is -3.24. The van der Waals surface area contributed by atoms with Crippen LogP contribution in [0.5, 0.6) is 0 Å². The van der Waals surface area contributed by atoms with Crippen LogP contribution >= 0.6 is 0 Å². The first-order valence-corrected chi connectivity index (χ1v) is 7.61. The van der Waals surface area contributed by atoms with E-state index in [2.05, 4.69) is 5.32 Å². The molecule has 0 amide bonds. The number of hydrogen-bond donors (Lipinski definition) is 1. The maximum absolute atomic E-state index is 12.4. The Bertz CT molecular complexity index is 368. The van der Waals surface area contributed by atoms with E-state index >= 15 is 0 Å². The van der Waals surface area contributed by atoms with Crippen LogP contribution in [0, 0.1) is 11.8 Å². The SMILES string of the molecule is O=S(=O)(N1CCOCC1)N1CC2CNCC2C1. The number of rotatable bonds is 2. The Balaban J connectivity index is 1.70. The predicted octanol–water partition coefficient (Wildman–Crippen LogP) is -1.29. The molecule has 0 aliphatic carbocycles. The molecule has 3 aliphatic heterocycles. The van der Waals surface area contributed by atoms with Gasteiger partial charge in [0.15, 0.2) is 0 Å². The van der Waals surface area contributed by atoms with Crippen molar-refractivity contribution in [3.05, 3.63) is 0 Å². The molecule has 17 heavy (non-hydrogen) atoms. The fourth-order valence-corrected chi connectivity index (χ4v) is 4.64. The third-order valence-electron chi connectivity index (χ3n) is 3.98. The Morgan fingerprint density at radius 2 is 1.59 bits per heavy atom. The summed E-state index contributed by atoms with van der Waals surface area (Å²) in [6.07, 6.45) is 0. The van der Waals surface area contributed by atoms with Gasteiger partial charge in [-0.3, -0.25) is 0 Å². The van der Waals surface area contributed by atoms with E-state index in [1.165, 1.54) is 0 Å². The molecular weight excluding hydrogens is 242 g/mol. The van der Waals surface area contributed by atoms with Gasteiger partial charge < -0.3 is 10.1 Å². The Labute approximate surface area is 102 Å². The zero-order chi connectivity index (χ0) is 11.9. The van der Waals surface area contributed by atoms with E-state index in [9.17, 15) is 8.42 Å². The van der Waals surface area contributed by atoms with Crippen molar-refractivity contribution < 1.29 is 13.2 Å². The minimum atomic E-state index is -3.24. The molecule has 6 nitrogen and oxygen atoms in total. The molecule has 3 fully saturated rings. The summed E-state index contributed by atoms with van der Waals surface area (Å²) in [5.74, 6) is 1.01. The molecule has 3 aliphatic rings. The third-order valence-corrected chi connectivity index (χ3v) is 5.95. The van der Waals surface area contributed by atoms with Gasteiger partial charge in [0.05, 0.1) is 13.2 Å². The van der Waals surface area contributed by atoms with E-state index < -0.39 is 10.2 Å². The molecule has 0 aromatic rings. The molecule has 98 valence electrons. The van der Waals surface area contributed by atoms with E-state index in [4.69, 9.17) is 4.74 Å². The lowest BCUT2D eigenvalue weighted by Gasteiger charge is -2.30. The van der Waals surface area contributed by atoms with Crippen LogP contribution in [0.4, 0.5) is 0 Å². The first-order chi connectivity index (χ1) is 8.18. The Kier molecular flexibility index (Phi) is 3.12. The second-order valence-corrected chi connectivity index (χ2v) is 6.94. The molecule has 2 unspecified atom stereocenters. The first-order valence-electron chi connectivity index (χ1n) is 6.21. The summed E-state index contributed by atoms with van der Waals surface area (Å²) in [5.41, 5.74) is 0. The van der Waals surface area contributed by atoms with Crippen LogP contribution in [0.2, 0.25) is 0 Å². The zero-order valence-electron chi connectivity index (χ0n) is 9.84. The van der Waals surface area contributed by atoms with Gasteiger partial charge in [-0.1, -0.05) is 0 Å². The second kappa shape index (κ2) is 4.47. The highest BCUT2D eigenvalue weighted by Gasteiger charge is 2.43. The predicted molar refractivity (Wildman–Crippen MR) is 62.7 cm³/mol. The van der Waals surface area contributed by atoms with Crippen molar-refractivity contribution in [3.8, 4) is 0 Å². The lowest BCUT2D eigenvalue weighted by Crippen LogP contribution is -2.48. The normalized spacial score (nSPS) is 36.2. The molecule has 0 aromatic carbocycles. The van der Waals surface area contributed by atoms with Crippen molar-refractivity contribution in [2.24, 2.45) is 11.8 Å². The van der Waals surface area contributed by atoms with Gasteiger partial charge >= 0.3 is 0 Å². The Morgan fingerprint density at radius 1 is 1.00 bits per heavy atom. The second-order valence-electron chi connectivity index (χ2n) is 5.01. The van der Waals surface area contributed by atoms with Crippen molar-refractivity contribution in [1.82, 2.24) is 13.9 Å². The summed E-state index contributed by atoms with van der Waals surface area (Å²) in [5, 5.41) is 3.32. The number of ether oxygens (including phenoxy) is 1. The number of hydrogen-bond acceptors (Lipinski definition) is 4. The van der Waals surface area contributed by atoms with Crippen LogP contribution < -0.4 is 5.32 Å². The Morgan fingerprint density at radius 3 is 2.18 bits per heavy atom. The molecule has 3 heterocycles. The minimum absolute atomic E-state index is 0.492. The molecule has 7 heteroatoms. The number of nitrogens with zero attached hydrogens (tertiary/aromatic N) is 2. The smallest absolute Gasteiger partial charge is 0.282 e. The maximum atomic E-state index is 12.4. The molecule has 3 saturated heterocycles. The van der Waals surface area contributed by atoms with Crippen LogP contribution in [0.25, 0.3) is 0 Å². The largest absolute Gasteiger partial charge is 0.379 e. The fraction of sp³-hybridized carbons (Fsp3) is 1.00. The summed E-state index contributed by atoms with van der Waals surface area (Å²) < 4.78 is 33.2. The molecule has 3 rings (SSSR count).